The second kappa shape index (κ2) is 6.70. The lowest BCUT2D eigenvalue weighted by molar-refractivity contribution is 0.0779. The van der Waals surface area contributed by atoms with Gasteiger partial charge in [0.25, 0.3) is 5.91 Å². The number of carbonyl (C=O) groups excluding carboxylic acids is 1. The van der Waals surface area contributed by atoms with E-state index in [1.165, 1.54) is 0 Å². The molecule has 1 aliphatic rings. The number of hydrogen-bond donors (Lipinski definition) is 1. The van der Waals surface area contributed by atoms with Crippen LogP contribution in [-0.2, 0) is 18.3 Å². The molecule has 3 heterocycles. The summed E-state index contributed by atoms with van der Waals surface area (Å²) in [6.45, 7) is 1.90. The van der Waals surface area contributed by atoms with Gasteiger partial charge in [0, 0.05) is 32.0 Å². The van der Waals surface area contributed by atoms with E-state index in [0.29, 0.717) is 18.8 Å². The molecule has 0 aliphatic carbocycles. The molecule has 0 unspecified atom stereocenters. The molecule has 2 aromatic rings. The Bertz CT molecular complexity index is 647. The zero-order valence-corrected chi connectivity index (χ0v) is 12.7. The highest BCUT2D eigenvalue weighted by molar-refractivity contribution is 5.92. The molecule has 6 heteroatoms. The molecule has 0 saturated carbocycles. The van der Waals surface area contributed by atoms with E-state index in [2.05, 4.69) is 15.3 Å². The van der Waals surface area contributed by atoms with Crippen LogP contribution in [-0.4, -0.2) is 33.7 Å². The predicted octanol–water partition coefficient (Wildman–Crippen LogP) is 1.64. The molecule has 0 bridgehead atoms. The molecule has 1 N–H and O–H groups in total. The molecular formula is C16H20N4O2. The lowest BCUT2D eigenvalue weighted by atomic mass is 10.0. The second-order valence-electron chi connectivity index (χ2n) is 5.51. The summed E-state index contributed by atoms with van der Waals surface area (Å²) in [4.78, 5) is 21.0. The van der Waals surface area contributed by atoms with E-state index in [4.69, 9.17) is 4.74 Å². The number of aromatic nitrogens is 3. The Morgan fingerprint density at radius 1 is 1.50 bits per heavy atom. The van der Waals surface area contributed by atoms with Gasteiger partial charge in [0.15, 0.2) is 0 Å². The van der Waals surface area contributed by atoms with Crippen LogP contribution in [0.1, 0.15) is 40.8 Å². The van der Waals surface area contributed by atoms with Crippen LogP contribution in [0.5, 0.6) is 0 Å². The smallest absolute Gasteiger partial charge is 0.268 e. The van der Waals surface area contributed by atoms with Crippen molar-refractivity contribution >= 4 is 5.91 Å². The quantitative estimate of drug-likeness (QED) is 0.932. The second-order valence-corrected chi connectivity index (χ2v) is 5.51. The molecule has 1 aliphatic heterocycles. The maximum Gasteiger partial charge on any atom is 0.268 e. The number of carbonyl (C=O) groups is 1. The van der Waals surface area contributed by atoms with Gasteiger partial charge in [0.2, 0.25) is 0 Å². The first kappa shape index (κ1) is 14.7. The average Bonchev–Trinajstić information content (AvgIpc) is 3.00. The molecule has 6 nitrogen and oxygen atoms in total. The molecule has 3 rings (SSSR count). The minimum atomic E-state index is -0.103. The standard InChI is InChI=1S/C16H20N4O2/c1-20-8-2-5-14(20)16(21)18-10-13-6-7-17-15(19-13)12-4-3-9-22-11-12/h2,5-8,12H,3-4,9-11H2,1H3,(H,18,21)/t12-/m0/s1. The predicted molar refractivity (Wildman–Crippen MR) is 81.4 cm³/mol. The molecule has 1 saturated heterocycles. The van der Waals surface area contributed by atoms with E-state index in [-0.39, 0.29) is 11.8 Å². The summed E-state index contributed by atoms with van der Waals surface area (Å²) in [6, 6.07) is 5.47. The summed E-state index contributed by atoms with van der Waals surface area (Å²) < 4.78 is 7.28. The average molecular weight is 300 g/mol. The van der Waals surface area contributed by atoms with Crippen molar-refractivity contribution in [2.45, 2.75) is 25.3 Å². The highest BCUT2D eigenvalue weighted by Gasteiger charge is 2.19. The molecule has 0 aromatic carbocycles. The van der Waals surface area contributed by atoms with Crippen molar-refractivity contribution < 1.29 is 9.53 Å². The minimum Gasteiger partial charge on any atom is -0.381 e. The van der Waals surface area contributed by atoms with Gasteiger partial charge in [-0.15, -0.1) is 0 Å². The van der Waals surface area contributed by atoms with Gasteiger partial charge in [0.05, 0.1) is 18.8 Å². The monoisotopic (exact) mass is 300 g/mol. The number of rotatable bonds is 4. The van der Waals surface area contributed by atoms with Crippen molar-refractivity contribution in [3.8, 4) is 0 Å². The summed E-state index contributed by atoms with van der Waals surface area (Å²) in [5.41, 5.74) is 1.45. The summed E-state index contributed by atoms with van der Waals surface area (Å²) in [6.07, 6.45) is 5.70. The van der Waals surface area contributed by atoms with E-state index in [0.717, 1.165) is 31.0 Å². The third kappa shape index (κ3) is 3.33. The van der Waals surface area contributed by atoms with Crippen LogP contribution in [0.15, 0.2) is 30.6 Å². The first-order chi connectivity index (χ1) is 10.7. The zero-order valence-electron chi connectivity index (χ0n) is 12.7. The van der Waals surface area contributed by atoms with Crippen LogP contribution in [0.3, 0.4) is 0 Å². The maximum absolute atomic E-state index is 12.1. The van der Waals surface area contributed by atoms with Crippen LogP contribution in [0, 0.1) is 0 Å². The van der Waals surface area contributed by atoms with Crippen LogP contribution in [0.2, 0.25) is 0 Å². The SMILES string of the molecule is Cn1cccc1C(=O)NCc1ccnc([C@H]2CCCOC2)n1. The van der Waals surface area contributed by atoms with Crippen molar-refractivity contribution in [2.75, 3.05) is 13.2 Å². The summed E-state index contributed by atoms with van der Waals surface area (Å²) >= 11 is 0. The van der Waals surface area contributed by atoms with Gasteiger partial charge in [-0.25, -0.2) is 9.97 Å². The van der Waals surface area contributed by atoms with Crippen molar-refractivity contribution in [3.05, 3.63) is 47.8 Å². The van der Waals surface area contributed by atoms with E-state index in [1.807, 2.05) is 25.4 Å². The van der Waals surface area contributed by atoms with Gasteiger partial charge in [-0.05, 0) is 31.0 Å². The van der Waals surface area contributed by atoms with Gasteiger partial charge in [-0.2, -0.15) is 0 Å². The zero-order chi connectivity index (χ0) is 15.4. The Morgan fingerprint density at radius 2 is 2.41 bits per heavy atom. The van der Waals surface area contributed by atoms with Gasteiger partial charge in [-0.3, -0.25) is 4.79 Å². The number of nitrogens with one attached hydrogen (secondary N) is 1. The first-order valence-corrected chi connectivity index (χ1v) is 7.53. The Morgan fingerprint density at radius 3 is 3.14 bits per heavy atom. The van der Waals surface area contributed by atoms with Crippen LogP contribution >= 0.6 is 0 Å². The molecule has 1 atom stereocenters. The Labute approximate surface area is 129 Å². The van der Waals surface area contributed by atoms with E-state index >= 15 is 0 Å². The van der Waals surface area contributed by atoms with Crippen molar-refractivity contribution in [3.63, 3.8) is 0 Å². The molecule has 22 heavy (non-hydrogen) atoms. The number of aryl methyl sites for hydroxylation is 1. The Kier molecular flexibility index (Phi) is 4.48. The van der Waals surface area contributed by atoms with Crippen LogP contribution in [0.25, 0.3) is 0 Å². The van der Waals surface area contributed by atoms with E-state index < -0.39 is 0 Å². The number of ether oxygens (including phenoxy) is 1. The summed E-state index contributed by atoms with van der Waals surface area (Å²) in [7, 11) is 1.85. The first-order valence-electron chi connectivity index (χ1n) is 7.53. The minimum absolute atomic E-state index is 0.103. The normalized spacial score (nSPS) is 18.1. The molecule has 2 aromatic heterocycles. The topological polar surface area (TPSA) is 69.0 Å². The molecule has 0 spiro atoms. The third-order valence-electron chi connectivity index (χ3n) is 3.86. The highest BCUT2D eigenvalue weighted by atomic mass is 16.5. The van der Waals surface area contributed by atoms with Crippen molar-refractivity contribution in [1.82, 2.24) is 19.9 Å². The van der Waals surface area contributed by atoms with E-state index in [1.54, 1.807) is 16.8 Å². The Hall–Kier alpha value is -2.21. The van der Waals surface area contributed by atoms with Crippen LogP contribution < -0.4 is 5.32 Å². The largest absolute Gasteiger partial charge is 0.381 e. The summed E-state index contributed by atoms with van der Waals surface area (Å²) in [5, 5.41) is 2.89. The molecule has 1 fully saturated rings. The molecular weight excluding hydrogens is 280 g/mol. The fourth-order valence-electron chi connectivity index (χ4n) is 2.61. The van der Waals surface area contributed by atoms with E-state index in [9.17, 15) is 4.79 Å². The third-order valence-corrected chi connectivity index (χ3v) is 3.86. The number of hydrogen-bond acceptors (Lipinski definition) is 4. The lowest BCUT2D eigenvalue weighted by Crippen LogP contribution is -2.26. The maximum atomic E-state index is 12.1. The highest BCUT2D eigenvalue weighted by Crippen LogP contribution is 2.22. The molecule has 1 amide bonds. The molecule has 0 radical (unpaired) electrons. The Balaban J connectivity index is 1.63. The fourth-order valence-corrected chi connectivity index (χ4v) is 2.61. The van der Waals surface area contributed by atoms with Gasteiger partial charge in [-0.1, -0.05) is 0 Å². The molecule has 116 valence electrons. The van der Waals surface area contributed by atoms with Gasteiger partial charge in [0.1, 0.15) is 11.5 Å². The van der Waals surface area contributed by atoms with Crippen LogP contribution in [0.4, 0.5) is 0 Å². The van der Waals surface area contributed by atoms with Gasteiger partial charge < -0.3 is 14.6 Å². The van der Waals surface area contributed by atoms with Crippen molar-refractivity contribution in [2.24, 2.45) is 7.05 Å². The number of amides is 1. The summed E-state index contributed by atoms with van der Waals surface area (Å²) in [5.74, 6) is 0.969. The van der Waals surface area contributed by atoms with Crippen molar-refractivity contribution in [1.29, 1.82) is 0 Å². The fraction of sp³-hybridized carbons (Fsp3) is 0.438. The van der Waals surface area contributed by atoms with Gasteiger partial charge >= 0.3 is 0 Å². The number of nitrogens with zero attached hydrogens (tertiary/aromatic N) is 3. The lowest BCUT2D eigenvalue weighted by Gasteiger charge is -2.20.